The molecule has 1 aromatic carbocycles. The van der Waals surface area contributed by atoms with Gasteiger partial charge in [-0.15, -0.1) is 10.2 Å². The van der Waals surface area contributed by atoms with Gasteiger partial charge in [-0.1, -0.05) is 25.1 Å². The van der Waals surface area contributed by atoms with Crippen LogP contribution in [0.5, 0.6) is 0 Å². The van der Waals surface area contributed by atoms with Crippen molar-refractivity contribution in [2.45, 2.75) is 45.8 Å². The summed E-state index contributed by atoms with van der Waals surface area (Å²) in [4.78, 5) is 40.7. The summed E-state index contributed by atoms with van der Waals surface area (Å²) in [5, 5.41) is 17.7. The third kappa shape index (κ3) is 3.26. The highest BCUT2D eigenvalue weighted by molar-refractivity contribution is 6.01. The third-order valence-electron chi connectivity index (χ3n) is 5.76. The Hall–Kier alpha value is -3.23. The van der Waals surface area contributed by atoms with Crippen molar-refractivity contribution in [2.24, 2.45) is 5.92 Å². The molecule has 1 fully saturated rings. The molecule has 0 spiro atoms. The largest absolute Gasteiger partial charge is 0.480 e. The number of carboxylic acids is 1. The lowest BCUT2D eigenvalue weighted by atomic mass is 10.0. The lowest BCUT2D eigenvalue weighted by molar-refractivity contribution is -0.154. The molecule has 0 aliphatic carbocycles. The lowest BCUT2D eigenvalue weighted by Gasteiger charge is -2.35. The first-order chi connectivity index (χ1) is 13.9. The monoisotopic (exact) mass is 397 g/mol. The molecular formula is C20H23N5O4. The summed E-state index contributed by atoms with van der Waals surface area (Å²) in [5.74, 6) is -0.914. The highest BCUT2D eigenvalue weighted by Gasteiger charge is 2.43. The Morgan fingerprint density at radius 1 is 1.21 bits per heavy atom. The highest BCUT2D eigenvalue weighted by atomic mass is 16.4. The molecule has 3 heterocycles. The minimum Gasteiger partial charge on any atom is -0.480 e. The second-order valence-electron chi connectivity index (χ2n) is 7.48. The summed E-state index contributed by atoms with van der Waals surface area (Å²) in [6.45, 7) is 4.21. The fourth-order valence-electron chi connectivity index (χ4n) is 4.17. The number of aromatic nitrogens is 3. The van der Waals surface area contributed by atoms with Gasteiger partial charge in [-0.05, 0) is 25.0 Å². The molecule has 29 heavy (non-hydrogen) atoms. The Kier molecular flexibility index (Phi) is 4.81. The lowest BCUT2D eigenvalue weighted by Crippen LogP contribution is -2.52. The van der Waals surface area contributed by atoms with Crippen molar-refractivity contribution in [3.63, 3.8) is 0 Å². The molecule has 2 unspecified atom stereocenters. The van der Waals surface area contributed by atoms with Crippen molar-refractivity contribution in [3.8, 4) is 0 Å². The van der Waals surface area contributed by atoms with E-state index in [2.05, 4.69) is 10.2 Å². The predicted molar refractivity (Wildman–Crippen MR) is 103 cm³/mol. The SMILES string of the molecule is CCc1ccccc1N1CC(C(=O)N2Cc3nnc(C)n3CC2C(=O)O)CC1=O. The molecule has 2 aliphatic rings. The molecule has 2 aromatic rings. The molecule has 2 aliphatic heterocycles. The number of benzene rings is 1. The zero-order chi connectivity index (χ0) is 20.7. The van der Waals surface area contributed by atoms with E-state index in [0.717, 1.165) is 17.7 Å². The summed E-state index contributed by atoms with van der Waals surface area (Å²) >= 11 is 0. The van der Waals surface area contributed by atoms with Gasteiger partial charge in [0.15, 0.2) is 5.82 Å². The highest BCUT2D eigenvalue weighted by Crippen LogP contribution is 2.31. The molecule has 1 aromatic heterocycles. The first-order valence-electron chi connectivity index (χ1n) is 9.71. The summed E-state index contributed by atoms with van der Waals surface area (Å²) < 4.78 is 1.73. The molecular weight excluding hydrogens is 374 g/mol. The molecule has 4 rings (SSSR count). The first kappa shape index (κ1) is 19.1. The van der Waals surface area contributed by atoms with Crippen molar-refractivity contribution < 1.29 is 19.5 Å². The van der Waals surface area contributed by atoms with Crippen LogP contribution in [-0.2, 0) is 33.9 Å². The zero-order valence-electron chi connectivity index (χ0n) is 16.4. The normalized spacial score (nSPS) is 21.4. The van der Waals surface area contributed by atoms with Gasteiger partial charge in [-0.25, -0.2) is 4.79 Å². The molecule has 1 saturated heterocycles. The summed E-state index contributed by atoms with van der Waals surface area (Å²) in [7, 11) is 0. The Morgan fingerprint density at radius 3 is 2.69 bits per heavy atom. The molecule has 0 bridgehead atoms. The number of aliphatic carboxylic acids is 1. The number of hydrogen-bond donors (Lipinski definition) is 1. The smallest absolute Gasteiger partial charge is 0.328 e. The number of carbonyl (C=O) groups is 3. The van der Waals surface area contributed by atoms with Crippen molar-refractivity contribution in [1.82, 2.24) is 19.7 Å². The quantitative estimate of drug-likeness (QED) is 0.824. The molecule has 152 valence electrons. The Labute approximate surface area is 167 Å². The minimum atomic E-state index is -1.07. The number of anilines is 1. The average molecular weight is 397 g/mol. The van der Waals surface area contributed by atoms with Crippen LogP contribution in [0.25, 0.3) is 0 Å². The van der Waals surface area contributed by atoms with Crippen LogP contribution < -0.4 is 4.90 Å². The van der Waals surface area contributed by atoms with Crippen molar-refractivity contribution in [2.75, 3.05) is 11.4 Å². The fourth-order valence-corrected chi connectivity index (χ4v) is 4.17. The first-order valence-corrected chi connectivity index (χ1v) is 9.71. The maximum absolute atomic E-state index is 13.2. The van der Waals surface area contributed by atoms with E-state index >= 15 is 0 Å². The van der Waals surface area contributed by atoms with Crippen LogP contribution in [0.3, 0.4) is 0 Å². The van der Waals surface area contributed by atoms with E-state index in [-0.39, 0.29) is 37.9 Å². The van der Waals surface area contributed by atoms with E-state index < -0.39 is 17.9 Å². The molecule has 0 radical (unpaired) electrons. The summed E-state index contributed by atoms with van der Waals surface area (Å²) in [5.41, 5.74) is 1.86. The van der Waals surface area contributed by atoms with Gasteiger partial charge in [-0.3, -0.25) is 9.59 Å². The van der Waals surface area contributed by atoms with Gasteiger partial charge >= 0.3 is 5.97 Å². The predicted octanol–water partition coefficient (Wildman–Crippen LogP) is 0.997. The topological polar surface area (TPSA) is 109 Å². The van der Waals surface area contributed by atoms with Gasteiger partial charge in [0.05, 0.1) is 19.0 Å². The Morgan fingerprint density at radius 2 is 1.97 bits per heavy atom. The number of amides is 2. The van der Waals surface area contributed by atoms with Gasteiger partial charge in [0, 0.05) is 18.7 Å². The number of fused-ring (bicyclic) bond motifs is 1. The third-order valence-corrected chi connectivity index (χ3v) is 5.76. The zero-order valence-corrected chi connectivity index (χ0v) is 16.4. The standard InChI is InChI=1S/C20H23N5O4/c1-3-13-6-4-5-7-15(13)24-9-14(8-18(24)26)19(27)25-11-17-22-21-12(2)23(17)10-16(25)20(28)29/h4-7,14,16H,3,8-11H2,1-2H3,(H,28,29). The van der Waals surface area contributed by atoms with Crippen LogP contribution in [0.2, 0.25) is 0 Å². The van der Waals surface area contributed by atoms with E-state index in [9.17, 15) is 19.5 Å². The van der Waals surface area contributed by atoms with E-state index in [0.29, 0.717) is 11.6 Å². The number of aryl methyl sites for hydroxylation is 2. The fraction of sp³-hybridized carbons (Fsp3) is 0.450. The minimum absolute atomic E-state index is 0.0748. The molecule has 2 amide bonds. The van der Waals surface area contributed by atoms with Crippen LogP contribution in [0.15, 0.2) is 24.3 Å². The summed E-state index contributed by atoms with van der Waals surface area (Å²) in [6, 6.07) is 6.65. The number of para-hydroxylation sites is 1. The molecule has 1 N–H and O–H groups in total. The molecule has 9 heteroatoms. The summed E-state index contributed by atoms with van der Waals surface area (Å²) in [6.07, 6.45) is 0.853. The van der Waals surface area contributed by atoms with Crippen LogP contribution in [-0.4, -0.2) is 55.1 Å². The molecule has 0 saturated carbocycles. The number of carbonyl (C=O) groups excluding carboxylic acids is 2. The van der Waals surface area contributed by atoms with Crippen molar-refractivity contribution >= 4 is 23.5 Å². The number of rotatable bonds is 4. The number of carboxylic acid groups (broad SMARTS) is 1. The van der Waals surface area contributed by atoms with Gasteiger partial charge in [0.1, 0.15) is 11.9 Å². The van der Waals surface area contributed by atoms with Gasteiger partial charge < -0.3 is 19.5 Å². The van der Waals surface area contributed by atoms with E-state index in [1.807, 2.05) is 31.2 Å². The molecule has 9 nitrogen and oxygen atoms in total. The average Bonchev–Trinajstić information content (AvgIpc) is 3.29. The Bertz CT molecular complexity index is 985. The second-order valence-corrected chi connectivity index (χ2v) is 7.48. The van der Waals surface area contributed by atoms with Crippen molar-refractivity contribution in [3.05, 3.63) is 41.5 Å². The second kappa shape index (κ2) is 7.31. The van der Waals surface area contributed by atoms with Crippen LogP contribution in [0.4, 0.5) is 5.69 Å². The van der Waals surface area contributed by atoms with E-state index in [4.69, 9.17) is 0 Å². The van der Waals surface area contributed by atoms with Crippen LogP contribution in [0, 0.1) is 12.8 Å². The maximum atomic E-state index is 13.2. The number of hydrogen-bond acceptors (Lipinski definition) is 5. The Balaban J connectivity index is 1.58. The number of nitrogens with zero attached hydrogens (tertiary/aromatic N) is 5. The maximum Gasteiger partial charge on any atom is 0.328 e. The van der Waals surface area contributed by atoms with E-state index in [1.165, 1.54) is 4.90 Å². The van der Waals surface area contributed by atoms with Crippen LogP contribution >= 0.6 is 0 Å². The molecule has 2 atom stereocenters. The van der Waals surface area contributed by atoms with Gasteiger partial charge in [0.25, 0.3) is 0 Å². The van der Waals surface area contributed by atoms with Crippen molar-refractivity contribution in [1.29, 1.82) is 0 Å². The van der Waals surface area contributed by atoms with Crippen LogP contribution in [0.1, 0.15) is 30.6 Å². The van der Waals surface area contributed by atoms with Gasteiger partial charge in [-0.2, -0.15) is 0 Å². The van der Waals surface area contributed by atoms with E-state index in [1.54, 1.807) is 16.4 Å². The van der Waals surface area contributed by atoms with Gasteiger partial charge in [0.2, 0.25) is 11.8 Å².